The zero-order valence-electron chi connectivity index (χ0n) is 15.5. The Hall–Kier alpha value is -2.86. The van der Waals surface area contributed by atoms with Gasteiger partial charge in [-0.15, -0.1) is 6.58 Å². The molecule has 0 fully saturated rings. The molecule has 0 amide bonds. The van der Waals surface area contributed by atoms with Crippen LogP contribution in [0.15, 0.2) is 78.3 Å². The molecule has 4 nitrogen and oxygen atoms in total. The molecule has 0 spiro atoms. The van der Waals surface area contributed by atoms with Crippen LogP contribution in [0.5, 0.6) is 0 Å². The molecule has 0 bridgehead atoms. The van der Waals surface area contributed by atoms with Gasteiger partial charge in [0.25, 0.3) is 0 Å². The third-order valence-corrected chi connectivity index (χ3v) is 5.20. The Morgan fingerprint density at radius 2 is 1.96 bits per heavy atom. The minimum Gasteiger partial charge on any atom is -0.467 e. The Bertz CT molecular complexity index is 881. The van der Waals surface area contributed by atoms with Crippen LogP contribution in [-0.2, 0) is 9.53 Å². The number of aliphatic imine (C=N–C) groups is 1. The summed E-state index contributed by atoms with van der Waals surface area (Å²) in [5, 5.41) is 0.671. The van der Waals surface area contributed by atoms with Gasteiger partial charge in [-0.3, -0.25) is 0 Å². The van der Waals surface area contributed by atoms with Crippen molar-refractivity contribution in [3.63, 3.8) is 0 Å². The van der Waals surface area contributed by atoms with E-state index in [1.54, 1.807) is 18.2 Å². The van der Waals surface area contributed by atoms with Gasteiger partial charge >= 0.3 is 5.97 Å². The SMILES string of the molecule is C=CCSC1=NC(C(=O)OC)C(/C=C/c2ccccc2)N1c1ccc(F)cc1. The molecule has 2 aromatic rings. The van der Waals surface area contributed by atoms with Gasteiger partial charge in [0, 0.05) is 11.4 Å². The minimum atomic E-state index is -0.706. The smallest absolute Gasteiger partial charge is 0.333 e. The second-order valence-electron chi connectivity index (χ2n) is 6.09. The number of anilines is 1. The molecule has 6 heteroatoms. The molecule has 28 heavy (non-hydrogen) atoms. The molecule has 1 aliphatic heterocycles. The predicted octanol–water partition coefficient (Wildman–Crippen LogP) is 4.54. The second kappa shape index (κ2) is 9.37. The lowest BCUT2D eigenvalue weighted by Gasteiger charge is -2.27. The highest BCUT2D eigenvalue weighted by Gasteiger charge is 2.40. The van der Waals surface area contributed by atoms with Crippen LogP contribution >= 0.6 is 11.8 Å². The topological polar surface area (TPSA) is 41.9 Å². The Morgan fingerprint density at radius 3 is 2.61 bits per heavy atom. The van der Waals surface area contributed by atoms with E-state index in [1.807, 2.05) is 47.4 Å². The molecule has 2 aromatic carbocycles. The quantitative estimate of drug-likeness (QED) is 0.531. The van der Waals surface area contributed by atoms with E-state index < -0.39 is 12.0 Å². The summed E-state index contributed by atoms with van der Waals surface area (Å²) in [6, 6.07) is 14.9. The Labute approximate surface area is 168 Å². The van der Waals surface area contributed by atoms with E-state index in [2.05, 4.69) is 11.6 Å². The summed E-state index contributed by atoms with van der Waals surface area (Å²) in [6.45, 7) is 3.75. The summed E-state index contributed by atoms with van der Waals surface area (Å²) in [5.41, 5.74) is 1.77. The minimum absolute atomic E-state index is 0.318. The summed E-state index contributed by atoms with van der Waals surface area (Å²) < 4.78 is 18.4. The third kappa shape index (κ3) is 4.51. The van der Waals surface area contributed by atoms with Crippen LogP contribution in [0.4, 0.5) is 10.1 Å². The molecule has 0 radical (unpaired) electrons. The molecule has 0 saturated carbocycles. The van der Waals surface area contributed by atoms with Crippen LogP contribution in [0.3, 0.4) is 0 Å². The number of ether oxygens (including phenoxy) is 1. The molecule has 144 valence electrons. The van der Waals surface area contributed by atoms with Crippen LogP contribution in [0, 0.1) is 5.82 Å². The summed E-state index contributed by atoms with van der Waals surface area (Å²) in [7, 11) is 1.35. The second-order valence-corrected chi connectivity index (χ2v) is 7.07. The first-order valence-corrected chi connectivity index (χ1v) is 9.80. The molecule has 1 aliphatic rings. The normalized spacial score (nSPS) is 18.9. The number of methoxy groups -OCH3 is 1. The van der Waals surface area contributed by atoms with Crippen molar-refractivity contribution in [2.24, 2.45) is 4.99 Å². The van der Waals surface area contributed by atoms with Gasteiger partial charge in [0.15, 0.2) is 11.2 Å². The monoisotopic (exact) mass is 396 g/mol. The Balaban J connectivity index is 2.00. The molecule has 2 unspecified atom stereocenters. The molecular formula is C22H21FN2O2S. The highest BCUT2D eigenvalue weighted by molar-refractivity contribution is 8.14. The van der Waals surface area contributed by atoms with E-state index >= 15 is 0 Å². The van der Waals surface area contributed by atoms with Crippen molar-refractivity contribution in [2.45, 2.75) is 12.1 Å². The van der Waals surface area contributed by atoms with Crippen molar-refractivity contribution in [3.8, 4) is 0 Å². The fourth-order valence-corrected chi connectivity index (χ4v) is 3.75. The van der Waals surface area contributed by atoms with Gasteiger partial charge in [-0.25, -0.2) is 14.2 Å². The fourth-order valence-electron chi connectivity index (χ4n) is 2.93. The zero-order chi connectivity index (χ0) is 19.9. The maximum atomic E-state index is 13.4. The van der Waals surface area contributed by atoms with Gasteiger partial charge in [-0.05, 0) is 29.8 Å². The summed E-state index contributed by atoms with van der Waals surface area (Å²) >= 11 is 1.47. The van der Waals surface area contributed by atoms with Crippen molar-refractivity contribution in [1.82, 2.24) is 0 Å². The standard InChI is InChI=1S/C22H21FN2O2S/c1-3-15-28-22-24-20(21(26)27-2)19(14-9-16-7-5-4-6-8-16)25(22)18-12-10-17(23)11-13-18/h3-14,19-20H,1,15H2,2H3/b14-9+. The maximum absolute atomic E-state index is 13.4. The van der Waals surface area contributed by atoms with E-state index in [4.69, 9.17) is 4.74 Å². The summed E-state index contributed by atoms with van der Waals surface area (Å²) in [4.78, 5) is 19.0. The highest BCUT2D eigenvalue weighted by atomic mass is 32.2. The largest absolute Gasteiger partial charge is 0.467 e. The fraction of sp³-hybridized carbons (Fsp3) is 0.182. The van der Waals surface area contributed by atoms with Gasteiger partial charge in [-0.2, -0.15) is 0 Å². The average Bonchev–Trinajstić information content (AvgIpc) is 3.09. The number of hydrogen-bond donors (Lipinski definition) is 0. The molecule has 2 atom stereocenters. The third-order valence-electron chi connectivity index (χ3n) is 4.24. The van der Waals surface area contributed by atoms with Crippen LogP contribution in [-0.4, -0.2) is 36.1 Å². The number of amidine groups is 1. The lowest BCUT2D eigenvalue weighted by atomic mass is 10.1. The average molecular weight is 396 g/mol. The summed E-state index contributed by atoms with van der Waals surface area (Å²) in [6.07, 6.45) is 5.66. The molecular weight excluding hydrogens is 375 g/mol. The highest BCUT2D eigenvalue weighted by Crippen LogP contribution is 2.32. The van der Waals surface area contributed by atoms with E-state index in [1.165, 1.54) is 31.0 Å². The van der Waals surface area contributed by atoms with Gasteiger partial charge in [0.2, 0.25) is 0 Å². The molecule has 0 saturated heterocycles. The lowest BCUT2D eigenvalue weighted by molar-refractivity contribution is -0.142. The number of carbonyl (C=O) groups excluding carboxylic acids is 1. The van der Waals surface area contributed by atoms with Crippen LogP contribution in [0.25, 0.3) is 6.08 Å². The zero-order valence-corrected chi connectivity index (χ0v) is 16.3. The van der Waals surface area contributed by atoms with E-state index in [-0.39, 0.29) is 11.9 Å². The number of thioether (sulfide) groups is 1. The number of carbonyl (C=O) groups is 1. The van der Waals surface area contributed by atoms with E-state index in [0.29, 0.717) is 10.9 Å². The molecule has 1 heterocycles. The van der Waals surface area contributed by atoms with Crippen molar-refractivity contribution < 1.29 is 13.9 Å². The Kier molecular flexibility index (Phi) is 6.66. The van der Waals surface area contributed by atoms with Crippen molar-refractivity contribution in [1.29, 1.82) is 0 Å². The first kappa shape index (κ1) is 19.9. The molecule has 3 rings (SSSR count). The number of hydrogen-bond acceptors (Lipinski definition) is 5. The van der Waals surface area contributed by atoms with Crippen LogP contribution in [0.1, 0.15) is 5.56 Å². The van der Waals surface area contributed by atoms with E-state index in [0.717, 1.165) is 11.3 Å². The first-order chi connectivity index (χ1) is 13.6. The maximum Gasteiger partial charge on any atom is 0.333 e. The van der Waals surface area contributed by atoms with Crippen molar-refractivity contribution in [3.05, 3.63) is 84.7 Å². The van der Waals surface area contributed by atoms with Crippen molar-refractivity contribution >= 4 is 34.7 Å². The van der Waals surface area contributed by atoms with Gasteiger partial charge in [-0.1, -0.05) is 60.3 Å². The first-order valence-electron chi connectivity index (χ1n) is 8.81. The van der Waals surface area contributed by atoms with Crippen molar-refractivity contribution in [2.75, 3.05) is 17.8 Å². The Morgan fingerprint density at radius 1 is 1.25 bits per heavy atom. The molecule has 0 aromatic heterocycles. The van der Waals surface area contributed by atoms with Crippen LogP contribution < -0.4 is 4.90 Å². The molecule has 0 N–H and O–H groups in total. The molecule has 0 aliphatic carbocycles. The van der Waals surface area contributed by atoms with Gasteiger partial charge in [0.05, 0.1) is 13.2 Å². The number of halogens is 1. The number of rotatable bonds is 6. The van der Waals surface area contributed by atoms with Crippen LogP contribution in [0.2, 0.25) is 0 Å². The predicted molar refractivity (Wildman–Crippen MR) is 114 cm³/mol. The lowest BCUT2D eigenvalue weighted by Crippen LogP contribution is -2.41. The van der Waals surface area contributed by atoms with Gasteiger partial charge < -0.3 is 9.64 Å². The van der Waals surface area contributed by atoms with Gasteiger partial charge in [0.1, 0.15) is 5.82 Å². The number of benzene rings is 2. The summed E-state index contributed by atoms with van der Waals surface area (Å²) in [5.74, 6) is -0.0930. The number of nitrogens with zero attached hydrogens (tertiary/aromatic N) is 2. The number of esters is 1. The van der Waals surface area contributed by atoms with E-state index in [9.17, 15) is 9.18 Å².